The third-order valence-electron chi connectivity index (χ3n) is 8.38. The molecule has 0 atom stereocenters. The lowest BCUT2D eigenvalue weighted by Crippen LogP contribution is -2.52. The first-order valence-corrected chi connectivity index (χ1v) is 12.1. The Labute approximate surface area is 193 Å². The minimum absolute atomic E-state index is 0.0733. The van der Waals surface area contributed by atoms with Crippen LogP contribution in [0.5, 0.6) is 5.75 Å². The van der Waals surface area contributed by atoms with Crippen LogP contribution >= 0.6 is 0 Å². The van der Waals surface area contributed by atoms with Gasteiger partial charge in [0.25, 0.3) is 5.91 Å². The molecule has 5 aliphatic rings. The van der Waals surface area contributed by atoms with E-state index in [2.05, 4.69) is 15.3 Å². The number of ether oxygens (including phenoxy) is 1. The monoisotopic (exact) mass is 446 g/mol. The van der Waals surface area contributed by atoms with E-state index >= 15 is 0 Å². The highest BCUT2D eigenvalue weighted by atomic mass is 16.5. The Morgan fingerprint density at radius 2 is 1.76 bits per heavy atom. The van der Waals surface area contributed by atoms with Crippen molar-refractivity contribution in [2.24, 2.45) is 23.2 Å². The SMILES string of the molecule is COc1ccccc1C(=O)N1CCc2c(ncnc2NC(=O)C23CC4CC(CC(C4)C2)C3)C1. The lowest BCUT2D eigenvalue weighted by atomic mass is 9.49. The van der Waals surface area contributed by atoms with Crippen LogP contribution in [0.25, 0.3) is 0 Å². The van der Waals surface area contributed by atoms with Crippen molar-refractivity contribution in [3.8, 4) is 5.75 Å². The number of nitrogens with zero attached hydrogens (tertiary/aromatic N) is 3. The van der Waals surface area contributed by atoms with Gasteiger partial charge in [-0.2, -0.15) is 0 Å². The molecule has 0 saturated heterocycles. The average Bonchev–Trinajstić information content (AvgIpc) is 2.82. The lowest BCUT2D eigenvalue weighted by molar-refractivity contribution is -0.140. The van der Waals surface area contributed by atoms with E-state index in [0.717, 1.165) is 48.3 Å². The smallest absolute Gasteiger partial charge is 0.257 e. The number of hydrogen-bond acceptors (Lipinski definition) is 5. The van der Waals surface area contributed by atoms with Gasteiger partial charge in [-0.25, -0.2) is 9.97 Å². The van der Waals surface area contributed by atoms with Gasteiger partial charge in [0.2, 0.25) is 5.91 Å². The normalized spacial score (nSPS) is 29.5. The van der Waals surface area contributed by atoms with Gasteiger partial charge >= 0.3 is 0 Å². The number of anilines is 1. The van der Waals surface area contributed by atoms with E-state index in [4.69, 9.17) is 4.74 Å². The summed E-state index contributed by atoms with van der Waals surface area (Å²) in [6, 6.07) is 7.28. The van der Waals surface area contributed by atoms with Crippen molar-refractivity contribution < 1.29 is 14.3 Å². The van der Waals surface area contributed by atoms with Crippen LogP contribution in [0.2, 0.25) is 0 Å². The summed E-state index contributed by atoms with van der Waals surface area (Å²) < 4.78 is 5.37. The first-order chi connectivity index (χ1) is 16.0. The minimum atomic E-state index is -0.215. The van der Waals surface area contributed by atoms with E-state index < -0.39 is 0 Å². The van der Waals surface area contributed by atoms with E-state index in [1.54, 1.807) is 24.1 Å². The van der Waals surface area contributed by atoms with Crippen molar-refractivity contribution in [1.82, 2.24) is 14.9 Å². The summed E-state index contributed by atoms with van der Waals surface area (Å²) in [5.74, 6) is 3.43. The third-order valence-corrected chi connectivity index (χ3v) is 8.38. The van der Waals surface area contributed by atoms with Crippen LogP contribution in [0.4, 0.5) is 5.82 Å². The molecule has 1 aliphatic heterocycles. The van der Waals surface area contributed by atoms with Crippen molar-refractivity contribution in [1.29, 1.82) is 0 Å². The van der Waals surface area contributed by atoms with Crippen molar-refractivity contribution in [2.75, 3.05) is 19.0 Å². The molecule has 7 rings (SSSR count). The van der Waals surface area contributed by atoms with Gasteiger partial charge in [-0.05, 0) is 74.8 Å². The molecule has 4 aliphatic carbocycles. The van der Waals surface area contributed by atoms with E-state index in [0.29, 0.717) is 36.6 Å². The summed E-state index contributed by atoms with van der Waals surface area (Å²) in [6.45, 7) is 0.951. The van der Waals surface area contributed by atoms with Crippen LogP contribution in [0.1, 0.15) is 60.1 Å². The maximum absolute atomic E-state index is 13.5. The van der Waals surface area contributed by atoms with Gasteiger partial charge in [0.1, 0.15) is 17.9 Å². The van der Waals surface area contributed by atoms with Crippen LogP contribution < -0.4 is 10.1 Å². The molecule has 172 valence electrons. The molecule has 7 heteroatoms. The molecule has 2 aromatic rings. The number of aromatic nitrogens is 2. The molecular formula is C26H30N4O3. The van der Waals surface area contributed by atoms with Crippen molar-refractivity contribution in [3.05, 3.63) is 47.4 Å². The zero-order valence-corrected chi connectivity index (χ0v) is 19.0. The number of amides is 2. The summed E-state index contributed by atoms with van der Waals surface area (Å²) in [7, 11) is 1.57. The number of nitrogens with one attached hydrogen (secondary N) is 1. The van der Waals surface area contributed by atoms with Crippen molar-refractivity contribution >= 4 is 17.6 Å². The zero-order chi connectivity index (χ0) is 22.6. The number of benzene rings is 1. The van der Waals surface area contributed by atoms with E-state index in [1.165, 1.54) is 25.6 Å². The molecule has 2 heterocycles. The van der Waals surface area contributed by atoms with Gasteiger partial charge in [-0.15, -0.1) is 0 Å². The molecule has 4 fully saturated rings. The molecule has 0 radical (unpaired) electrons. The van der Waals surface area contributed by atoms with Crippen molar-refractivity contribution in [2.45, 2.75) is 51.5 Å². The van der Waals surface area contributed by atoms with Crippen molar-refractivity contribution in [3.63, 3.8) is 0 Å². The first-order valence-electron chi connectivity index (χ1n) is 12.1. The molecule has 1 aromatic carbocycles. The molecule has 2 amide bonds. The molecular weight excluding hydrogens is 416 g/mol. The lowest BCUT2D eigenvalue weighted by Gasteiger charge is -2.55. The predicted octanol–water partition coefficient (Wildman–Crippen LogP) is 3.84. The van der Waals surface area contributed by atoms with Gasteiger partial charge < -0.3 is 15.0 Å². The second-order valence-electron chi connectivity index (χ2n) is 10.5. The Balaban J connectivity index is 1.21. The number of carbonyl (C=O) groups excluding carboxylic acids is 2. The highest BCUT2D eigenvalue weighted by Gasteiger charge is 2.54. The zero-order valence-electron chi connectivity index (χ0n) is 19.0. The second-order valence-corrected chi connectivity index (χ2v) is 10.5. The Morgan fingerprint density at radius 3 is 2.45 bits per heavy atom. The second kappa shape index (κ2) is 7.82. The van der Waals surface area contributed by atoms with Crippen LogP contribution in [0.3, 0.4) is 0 Å². The largest absolute Gasteiger partial charge is 0.496 e. The molecule has 0 spiro atoms. The summed E-state index contributed by atoms with van der Waals surface area (Å²) in [6.07, 6.45) is 9.14. The van der Waals surface area contributed by atoms with E-state index in [-0.39, 0.29) is 17.2 Å². The maximum atomic E-state index is 13.5. The topological polar surface area (TPSA) is 84.4 Å². The number of fused-ring (bicyclic) bond motifs is 1. The fourth-order valence-corrected chi connectivity index (χ4v) is 7.26. The van der Waals surface area contributed by atoms with E-state index in [1.807, 2.05) is 12.1 Å². The Bertz CT molecular complexity index is 1080. The van der Waals surface area contributed by atoms with Crippen LogP contribution in [-0.2, 0) is 17.8 Å². The fraction of sp³-hybridized carbons (Fsp3) is 0.538. The van der Waals surface area contributed by atoms with Gasteiger partial charge in [0, 0.05) is 12.1 Å². The average molecular weight is 447 g/mol. The molecule has 7 nitrogen and oxygen atoms in total. The quantitative estimate of drug-likeness (QED) is 0.771. The van der Waals surface area contributed by atoms with Gasteiger partial charge in [-0.1, -0.05) is 12.1 Å². The Hall–Kier alpha value is -2.96. The third kappa shape index (κ3) is 3.49. The number of carbonyl (C=O) groups is 2. The molecule has 4 bridgehead atoms. The molecule has 1 aromatic heterocycles. The number of methoxy groups -OCH3 is 1. The standard InChI is InChI=1S/C26H30N4O3/c1-33-22-5-3-2-4-20(22)24(31)30-7-6-19-21(14-30)27-15-28-23(19)29-25(32)26-11-16-8-17(12-26)10-18(9-16)13-26/h2-5,15-18H,6-14H2,1H3,(H,27,28,29,32). The van der Waals surface area contributed by atoms with Crippen LogP contribution in [0.15, 0.2) is 30.6 Å². The summed E-state index contributed by atoms with van der Waals surface area (Å²) in [5.41, 5.74) is 2.10. The van der Waals surface area contributed by atoms with Gasteiger partial charge in [0.15, 0.2) is 0 Å². The summed E-state index contributed by atoms with van der Waals surface area (Å²) in [4.78, 5) is 37.4. The Morgan fingerprint density at radius 1 is 1.06 bits per heavy atom. The number of rotatable bonds is 4. The Kier molecular flexibility index (Phi) is 4.89. The van der Waals surface area contributed by atoms with Crippen LogP contribution in [-0.4, -0.2) is 40.3 Å². The number of para-hydroxylation sites is 1. The maximum Gasteiger partial charge on any atom is 0.257 e. The van der Waals surface area contributed by atoms with E-state index in [9.17, 15) is 9.59 Å². The molecule has 4 saturated carbocycles. The minimum Gasteiger partial charge on any atom is -0.496 e. The van der Waals surface area contributed by atoms with Gasteiger partial charge in [0.05, 0.1) is 30.3 Å². The predicted molar refractivity (Wildman–Crippen MR) is 123 cm³/mol. The van der Waals surface area contributed by atoms with Gasteiger partial charge in [-0.3, -0.25) is 9.59 Å². The highest BCUT2D eigenvalue weighted by molar-refractivity contribution is 5.97. The highest BCUT2D eigenvalue weighted by Crippen LogP contribution is 2.60. The molecule has 1 N–H and O–H groups in total. The molecule has 0 unspecified atom stereocenters. The summed E-state index contributed by atoms with van der Waals surface area (Å²) >= 11 is 0. The fourth-order valence-electron chi connectivity index (χ4n) is 7.26. The molecule has 33 heavy (non-hydrogen) atoms. The first kappa shape index (κ1) is 20.6. The summed E-state index contributed by atoms with van der Waals surface area (Å²) in [5, 5.41) is 3.21. The van der Waals surface area contributed by atoms with Crippen LogP contribution in [0, 0.1) is 23.2 Å². The number of hydrogen-bond donors (Lipinski definition) is 1.